The van der Waals surface area contributed by atoms with Gasteiger partial charge in [-0.05, 0) is 18.2 Å². The summed E-state index contributed by atoms with van der Waals surface area (Å²) in [6, 6.07) is 27.1. The van der Waals surface area contributed by atoms with Gasteiger partial charge in [0, 0.05) is 0 Å². The van der Waals surface area contributed by atoms with Crippen molar-refractivity contribution in [3.8, 4) is 17.2 Å². The number of rotatable bonds is 9. The van der Waals surface area contributed by atoms with E-state index in [0.29, 0.717) is 41.8 Å². The Labute approximate surface area is 340 Å². The summed E-state index contributed by atoms with van der Waals surface area (Å²) in [5, 5.41) is 2.15. The first kappa shape index (κ1) is 38.9. The second-order valence-electron chi connectivity index (χ2n) is 16.6. The fourth-order valence-electron chi connectivity index (χ4n) is 10.1. The molecule has 7 unspecified atom stereocenters. The first-order valence-corrected chi connectivity index (χ1v) is 24.6. The Morgan fingerprint density at radius 2 is 1.79 bits per heavy atom. The van der Waals surface area contributed by atoms with Gasteiger partial charge in [-0.1, -0.05) is 6.07 Å². The summed E-state index contributed by atoms with van der Waals surface area (Å²) < 4.78 is 58.1. The predicted octanol–water partition coefficient (Wildman–Crippen LogP) is 10.9. The molecule has 0 saturated carbocycles. The fourth-order valence-corrected chi connectivity index (χ4v) is 17.6. The number of ether oxygens (including phenoxy) is 2. The molecule has 58 heavy (non-hydrogen) atoms. The third-order valence-corrected chi connectivity index (χ3v) is 21.8. The zero-order valence-electron chi connectivity index (χ0n) is 33.0. The van der Waals surface area contributed by atoms with Gasteiger partial charge in [0.2, 0.25) is 0 Å². The van der Waals surface area contributed by atoms with Gasteiger partial charge in [-0.3, -0.25) is 0 Å². The molecule has 3 aliphatic carbocycles. The summed E-state index contributed by atoms with van der Waals surface area (Å²) in [5.41, 5.74) is 2.76. The van der Waals surface area contributed by atoms with Crippen LogP contribution in [0.4, 0.5) is 13.2 Å². The number of hydrogen-bond acceptors (Lipinski definition) is 3. The van der Waals surface area contributed by atoms with Crippen molar-refractivity contribution in [2.24, 2.45) is 26.3 Å². The van der Waals surface area contributed by atoms with Gasteiger partial charge in [0.05, 0.1) is 0 Å². The molecule has 4 aromatic rings. The molecule has 4 aromatic carbocycles. The predicted molar refractivity (Wildman–Crippen MR) is 236 cm³/mol. The quantitative estimate of drug-likeness (QED) is 0.0731. The molecule has 2 aliphatic heterocycles. The molecule has 10 heteroatoms. The van der Waals surface area contributed by atoms with Crippen molar-refractivity contribution >= 4 is 44.2 Å². The molecule has 0 N–H and O–H groups in total. The van der Waals surface area contributed by atoms with Crippen LogP contribution in [0.25, 0.3) is 0 Å². The van der Waals surface area contributed by atoms with E-state index in [4.69, 9.17) is 19.5 Å². The summed E-state index contributed by atoms with van der Waals surface area (Å²) in [6.07, 6.45) is 12.5. The standard InChI is InChI=1S/C48H48F3N3O2P2/c1-5-58(4,43-25-30(2)11-21-40(43)55-35-17-14-33(49)15-18-35)37-19-12-31(13-20-37)29-53-47(54-46(52-3)32-9-7-6-8-10-32)48-24-23-36(28-48)57-41-26-34(50)16-22-39(41)56-45-42(57)27-38(51)44(45)48/h6-12,14-18,21-27,36-37,42,44-45,58H,3,5,13,19-20,28-29H2,1-2,4H3/b53-47-,54-46-. The van der Waals surface area contributed by atoms with Crippen molar-refractivity contribution in [1.82, 2.24) is 0 Å². The summed E-state index contributed by atoms with van der Waals surface area (Å²) in [7, 11) is -3.09. The molecule has 9 rings (SSSR count). The van der Waals surface area contributed by atoms with Gasteiger partial charge < -0.3 is 0 Å². The van der Waals surface area contributed by atoms with Gasteiger partial charge in [0.25, 0.3) is 0 Å². The Balaban J connectivity index is 1.05. The van der Waals surface area contributed by atoms with E-state index in [1.54, 1.807) is 30.3 Å². The zero-order chi connectivity index (χ0) is 40.2. The van der Waals surface area contributed by atoms with Crippen LogP contribution < -0.4 is 20.1 Å². The number of aliphatic imine (C=N–C) groups is 3. The normalized spacial score (nSPS) is 27.6. The van der Waals surface area contributed by atoms with Gasteiger partial charge in [-0.2, -0.15) is 0 Å². The second kappa shape index (κ2) is 15.5. The monoisotopic (exact) mass is 817 g/mol. The van der Waals surface area contributed by atoms with Crippen LogP contribution in [-0.2, 0) is 0 Å². The molecule has 0 amide bonds. The third kappa shape index (κ3) is 6.80. The van der Waals surface area contributed by atoms with Crippen LogP contribution in [0.2, 0.25) is 0 Å². The number of benzene rings is 4. The number of amidine groups is 2. The van der Waals surface area contributed by atoms with E-state index < -0.39 is 32.6 Å². The fraction of sp³-hybridized carbons (Fsp3) is 0.312. The van der Waals surface area contributed by atoms with E-state index in [0.717, 1.165) is 42.0 Å². The van der Waals surface area contributed by atoms with Crippen molar-refractivity contribution in [3.63, 3.8) is 0 Å². The van der Waals surface area contributed by atoms with Crippen LogP contribution in [0.5, 0.6) is 17.2 Å². The van der Waals surface area contributed by atoms with Crippen molar-refractivity contribution < 1.29 is 22.6 Å². The van der Waals surface area contributed by atoms with Crippen LogP contribution >= 0.6 is 15.2 Å². The average molecular weight is 818 g/mol. The van der Waals surface area contributed by atoms with E-state index in [9.17, 15) is 8.78 Å². The van der Waals surface area contributed by atoms with E-state index in [1.807, 2.05) is 30.3 Å². The molecular weight excluding hydrogens is 769 g/mol. The molecule has 6 bridgehead atoms. The first-order valence-electron chi connectivity index (χ1n) is 20.3. The Bertz CT molecular complexity index is 2410. The number of nitrogens with zero attached hydrogens (tertiary/aromatic N) is 3. The zero-order valence-corrected chi connectivity index (χ0v) is 34.9. The second-order valence-corrected chi connectivity index (χ2v) is 24.0. The van der Waals surface area contributed by atoms with Crippen molar-refractivity contribution in [2.75, 3.05) is 19.4 Å². The van der Waals surface area contributed by atoms with Gasteiger partial charge in [-0.25, -0.2) is 4.39 Å². The van der Waals surface area contributed by atoms with E-state index in [1.165, 1.54) is 34.6 Å². The van der Waals surface area contributed by atoms with E-state index in [2.05, 4.69) is 68.6 Å². The van der Waals surface area contributed by atoms with Crippen LogP contribution in [0, 0.1) is 29.9 Å². The molecule has 0 radical (unpaired) electrons. The molecular formula is C48H48F3N3O2P2. The Kier molecular flexibility index (Phi) is 10.4. The summed E-state index contributed by atoms with van der Waals surface area (Å²) in [5.74, 6) is 1.67. The van der Waals surface area contributed by atoms with E-state index >= 15 is 4.39 Å². The molecule has 298 valence electrons. The van der Waals surface area contributed by atoms with Crippen LogP contribution in [0.1, 0.15) is 43.7 Å². The minimum atomic E-state index is -2.10. The minimum absolute atomic E-state index is 0.0865. The SMILES string of the molecule is C=N/C(=N\C(=N/CC1=CCC([PH](C)(CC)c2cc(C)ccc2Oc2ccc(F)cc2)CC1)C12C=CC(C1)P1c3cc(F)ccc3OC3C1C=C(F)C32)c1ccccc1. The Morgan fingerprint density at radius 3 is 2.53 bits per heavy atom. The van der Waals surface area contributed by atoms with E-state index in [-0.39, 0.29) is 28.8 Å². The van der Waals surface area contributed by atoms with Gasteiger partial charge >= 0.3 is 307 Å². The molecule has 7 atom stereocenters. The number of halogens is 3. The number of aryl methyl sites for hydroxylation is 1. The topological polar surface area (TPSA) is 55.5 Å². The summed E-state index contributed by atoms with van der Waals surface area (Å²) in [4.78, 5) is 14.9. The van der Waals surface area contributed by atoms with Crippen molar-refractivity contribution in [2.45, 2.75) is 62.6 Å². The number of allylic oxidation sites excluding steroid dienone is 2. The number of hydrogen-bond donors (Lipinski definition) is 0. The van der Waals surface area contributed by atoms with Crippen LogP contribution in [0.3, 0.4) is 0 Å². The molecule has 0 aromatic heterocycles. The Morgan fingerprint density at radius 1 is 1.00 bits per heavy atom. The molecule has 5 aliphatic rings. The summed E-state index contributed by atoms with van der Waals surface area (Å²) in [6.45, 7) is 11.2. The van der Waals surface area contributed by atoms with Gasteiger partial charge in [0.1, 0.15) is 5.82 Å². The van der Waals surface area contributed by atoms with Crippen LogP contribution in [0.15, 0.2) is 142 Å². The molecule has 1 fully saturated rings. The van der Waals surface area contributed by atoms with Crippen LogP contribution in [-0.4, -0.2) is 60.8 Å². The molecule has 5 nitrogen and oxygen atoms in total. The Hall–Kier alpha value is -4.64. The summed E-state index contributed by atoms with van der Waals surface area (Å²) >= 11 is 0. The molecule has 0 spiro atoms. The first-order chi connectivity index (χ1) is 28.1. The molecule has 1 saturated heterocycles. The maximum absolute atomic E-state index is 16.6. The average Bonchev–Trinajstić information content (AvgIpc) is 3.81. The van der Waals surface area contributed by atoms with Gasteiger partial charge in [0.15, 0.2) is 0 Å². The van der Waals surface area contributed by atoms with Crippen molar-refractivity contribution in [1.29, 1.82) is 0 Å². The number of fused-ring (bicyclic) bond motifs is 6. The third-order valence-electron chi connectivity index (χ3n) is 13.3. The maximum atomic E-state index is 16.6. The van der Waals surface area contributed by atoms with Crippen molar-refractivity contribution in [3.05, 3.63) is 149 Å². The van der Waals surface area contributed by atoms with Gasteiger partial charge in [-0.15, -0.1) is 0 Å². The molecule has 2 heterocycles.